The molecule has 8 heteroatoms. The molecular weight excluding hydrogens is 378 g/mol. The normalized spacial score (nSPS) is 13.1. The molecule has 0 spiro atoms. The lowest BCUT2D eigenvalue weighted by molar-refractivity contribution is -0.146. The van der Waals surface area contributed by atoms with Crippen LogP contribution in [0.3, 0.4) is 0 Å². The van der Waals surface area contributed by atoms with E-state index < -0.39 is 12.0 Å². The number of rotatable bonds is 9. The molecule has 1 aromatic heterocycles. The summed E-state index contributed by atoms with van der Waals surface area (Å²) < 4.78 is 6.40. The summed E-state index contributed by atoms with van der Waals surface area (Å²) in [6, 6.07) is 6.49. The van der Waals surface area contributed by atoms with Crippen molar-refractivity contribution in [2.45, 2.75) is 51.4 Å². The molecule has 2 aromatic rings. The maximum absolute atomic E-state index is 12.8. The van der Waals surface area contributed by atoms with E-state index in [1.165, 1.54) is 18.9 Å². The third-order valence-corrected chi connectivity index (χ3v) is 5.57. The molecule has 0 saturated heterocycles. The lowest BCUT2D eigenvalue weighted by Gasteiger charge is -2.21. The third-order valence-electron chi connectivity index (χ3n) is 4.59. The maximum atomic E-state index is 12.8. The molecule has 0 unspecified atom stereocenters. The molecule has 0 radical (unpaired) electrons. The molecule has 2 atom stereocenters. The smallest absolute Gasteiger partial charge is 0.328 e. The van der Waals surface area contributed by atoms with Crippen LogP contribution in [0.15, 0.2) is 34.2 Å². The molecule has 1 N–H and O–H groups in total. The minimum atomic E-state index is -0.689. The Balaban J connectivity index is 2.20. The van der Waals surface area contributed by atoms with Gasteiger partial charge in [-0.1, -0.05) is 51.1 Å². The van der Waals surface area contributed by atoms with Gasteiger partial charge in [0.25, 0.3) is 5.56 Å². The van der Waals surface area contributed by atoms with Crippen LogP contribution >= 0.6 is 11.8 Å². The molecule has 0 aliphatic heterocycles. The number of thioether (sulfide) groups is 1. The van der Waals surface area contributed by atoms with Gasteiger partial charge in [-0.15, -0.1) is 0 Å². The molecule has 0 aliphatic rings. The van der Waals surface area contributed by atoms with Crippen LogP contribution in [0.1, 0.15) is 33.6 Å². The molecule has 7 nitrogen and oxygen atoms in total. The van der Waals surface area contributed by atoms with Gasteiger partial charge in [0.2, 0.25) is 5.91 Å². The topological polar surface area (TPSA) is 90.3 Å². The zero-order valence-electron chi connectivity index (χ0n) is 16.7. The number of esters is 1. The molecule has 2 rings (SSSR count). The number of para-hydroxylation sites is 1. The van der Waals surface area contributed by atoms with Crippen LogP contribution in [0.25, 0.3) is 10.9 Å². The number of ether oxygens (including phenoxy) is 1. The molecule has 1 amide bonds. The zero-order chi connectivity index (χ0) is 20.7. The minimum Gasteiger partial charge on any atom is -0.467 e. The zero-order valence-corrected chi connectivity index (χ0v) is 17.5. The number of carbonyl (C=O) groups is 2. The number of hydrogen-bond acceptors (Lipinski definition) is 6. The fourth-order valence-corrected chi connectivity index (χ4v) is 3.66. The van der Waals surface area contributed by atoms with Crippen molar-refractivity contribution < 1.29 is 14.3 Å². The van der Waals surface area contributed by atoms with Gasteiger partial charge in [0, 0.05) is 6.54 Å². The average molecular weight is 406 g/mol. The number of nitrogens with one attached hydrogen (secondary N) is 1. The number of methoxy groups -OCH3 is 1. The van der Waals surface area contributed by atoms with Gasteiger partial charge in [0.05, 0.1) is 23.8 Å². The Morgan fingerprint density at radius 2 is 2.00 bits per heavy atom. The average Bonchev–Trinajstić information content (AvgIpc) is 2.71. The fourth-order valence-electron chi connectivity index (χ4n) is 2.82. The van der Waals surface area contributed by atoms with Crippen LogP contribution < -0.4 is 10.9 Å². The van der Waals surface area contributed by atoms with Crippen molar-refractivity contribution >= 4 is 34.5 Å². The summed E-state index contributed by atoms with van der Waals surface area (Å²) in [4.78, 5) is 41.7. The van der Waals surface area contributed by atoms with E-state index in [0.717, 1.165) is 12.8 Å². The quantitative estimate of drug-likeness (QED) is 0.392. The predicted molar refractivity (Wildman–Crippen MR) is 110 cm³/mol. The molecule has 152 valence electrons. The van der Waals surface area contributed by atoms with Gasteiger partial charge in [-0.25, -0.2) is 9.78 Å². The number of aromatic nitrogens is 2. The summed E-state index contributed by atoms with van der Waals surface area (Å²) in [6.45, 7) is 6.34. The standard InChI is InChI=1S/C20H27N3O4S/c1-5-11-23-18(25)14-9-7-8-10-15(14)21-20(23)28-12-16(24)22-17(13(3)6-2)19(26)27-4/h7-10,13,17H,5-6,11-12H2,1-4H3,(H,22,24)/t13-,17-/m0/s1. The highest BCUT2D eigenvalue weighted by atomic mass is 32.2. The van der Waals surface area contributed by atoms with Gasteiger partial charge in [0.1, 0.15) is 6.04 Å². The van der Waals surface area contributed by atoms with Gasteiger partial charge in [-0.2, -0.15) is 0 Å². The van der Waals surface area contributed by atoms with Crippen LogP contribution in [0, 0.1) is 5.92 Å². The first-order chi connectivity index (χ1) is 13.4. The molecule has 0 saturated carbocycles. The number of nitrogens with zero attached hydrogens (tertiary/aromatic N) is 2. The third kappa shape index (κ3) is 5.13. The second-order valence-corrected chi connectivity index (χ2v) is 7.55. The Bertz CT molecular complexity index is 897. The van der Waals surface area contributed by atoms with Crippen LogP contribution in [-0.4, -0.2) is 40.3 Å². The van der Waals surface area contributed by atoms with Crippen molar-refractivity contribution in [3.8, 4) is 0 Å². The van der Waals surface area contributed by atoms with Crippen LogP contribution in [0.4, 0.5) is 0 Å². The summed E-state index contributed by atoms with van der Waals surface area (Å²) in [7, 11) is 1.31. The second-order valence-electron chi connectivity index (χ2n) is 6.61. The summed E-state index contributed by atoms with van der Waals surface area (Å²) >= 11 is 1.19. The minimum absolute atomic E-state index is 0.0431. The first-order valence-corrected chi connectivity index (χ1v) is 10.4. The van der Waals surface area contributed by atoms with E-state index in [1.807, 2.05) is 32.9 Å². The van der Waals surface area contributed by atoms with Crippen molar-refractivity contribution in [3.63, 3.8) is 0 Å². The number of carbonyl (C=O) groups excluding carboxylic acids is 2. The second kappa shape index (κ2) is 10.3. The Kier molecular flexibility index (Phi) is 8.04. The van der Waals surface area contributed by atoms with Crippen molar-refractivity contribution in [1.29, 1.82) is 0 Å². The van der Waals surface area contributed by atoms with Gasteiger partial charge in [0.15, 0.2) is 5.16 Å². The lowest BCUT2D eigenvalue weighted by Crippen LogP contribution is -2.46. The van der Waals surface area contributed by atoms with Gasteiger partial charge >= 0.3 is 5.97 Å². The largest absolute Gasteiger partial charge is 0.467 e. The molecule has 0 bridgehead atoms. The summed E-state index contributed by atoms with van der Waals surface area (Å²) in [5, 5.41) is 3.80. The van der Waals surface area contributed by atoms with E-state index in [1.54, 1.807) is 16.7 Å². The summed E-state index contributed by atoms with van der Waals surface area (Å²) in [5.41, 5.74) is 0.497. The van der Waals surface area contributed by atoms with Crippen molar-refractivity contribution in [1.82, 2.24) is 14.9 Å². The van der Waals surface area contributed by atoms with Crippen LogP contribution in [-0.2, 0) is 20.9 Å². The lowest BCUT2D eigenvalue weighted by atomic mass is 9.99. The Morgan fingerprint density at radius 3 is 2.64 bits per heavy atom. The molecule has 0 fully saturated rings. The highest BCUT2D eigenvalue weighted by Crippen LogP contribution is 2.18. The molecule has 1 heterocycles. The van der Waals surface area contributed by atoms with Crippen molar-refractivity contribution in [2.75, 3.05) is 12.9 Å². The number of benzene rings is 1. The summed E-state index contributed by atoms with van der Waals surface area (Å²) in [5.74, 6) is -0.748. The van der Waals surface area contributed by atoms with E-state index in [-0.39, 0.29) is 23.1 Å². The Labute approximate surface area is 168 Å². The molecule has 0 aliphatic carbocycles. The Morgan fingerprint density at radius 1 is 1.29 bits per heavy atom. The highest BCUT2D eigenvalue weighted by Gasteiger charge is 2.26. The predicted octanol–water partition coefficient (Wildman–Crippen LogP) is 2.60. The number of fused-ring (bicyclic) bond motifs is 1. The number of amides is 1. The monoisotopic (exact) mass is 405 g/mol. The van der Waals surface area contributed by atoms with Gasteiger partial charge < -0.3 is 10.1 Å². The van der Waals surface area contributed by atoms with E-state index in [9.17, 15) is 14.4 Å². The SMILES string of the molecule is CCCn1c(SCC(=O)N[C@H](C(=O)OC)[C@@H](C)CC)nc2ccccc2c1=O. The number of hydrogen-bond donors (Lipinski definition) is 1. The van der Waals surface area contributed by atoms with Crippen molar-refractivity contribution in [3.05, 3.63) is 34.6 Å². The first-order valence-electron chi connectivity index (χ1n) is 9.42. The van der Waals surface area contributed by atoms with E-state index in [2.05, 4.69) is 10.3 Å². The molecule has 1 aromatic carbocycles. The molecule has 28 heavy (non-hydrogen) atoms. The van der Waals surface area contributed by atoms with E-state index in [4.69, 9.17) is 4.74 Å². The van der Waals surface area contributed by atoms with Gasteiger partial charge in [-0.3, -0.25) is 14.2 Å². The van der Waals surface area contributed by atoms with Crippen LogP contribution in [0.5, 0.6) is 0 Å². The van der Waals surface area contributed by atoms with Gasteiger partial charge in [-0.05, 0) is 24.5 Å². The molecular formula is C20H27N3O4S. The summed E-state index contributed by atoms with van der Waals surface area (Å²) in [6.07, 6.45) is 1.51. The first kappa shape index (κ1) is 21.9. The van der Waals surface area contributed by atoms with Crippen molar-refractivity contribution in [2.24, 2.45) is 5.92 Å². The fraction of sp³-hybridized carbons (Fsp3) is 0.500. The van der Waals surface area contributed by atoms with Crippen LogP contribution in [0.2, 0.25) is 0 Å². The maximum Gasteiger partial charge on any atom is 0.328 e. The Hall–Kier alpha value is -2.35. The van der Waals surface area contributed by atoms with E-state index in [0.29, 0.717) is 22.6 Å². The highest BCUT2D eigenvalue weighted by molar-refractivity contribution is 7.99. The van der Waals surface area contributed by atoms with E-state index >= 15 is 0 Å².